The van der Waals surface area contributed by atoms with Crippen LogP contribution in [-0.4, -0.2) is 81.4 Å². The summed E-state index contributed by atoms with van der Waals surface area (Å²) in [5.41, 5.74) is 11.5. The van der Waals surface area contributed by atoms with Gasteiger partial charge < -0.3 is 21.5 Å². The summed E-state index contributed by atoms with van der Waals surface area (Å²) in [4.78, 5) is 0.637. The number of tetrazole rings is 1. The Balaban J connectivity index is 2.23. The lowest BCUT2D eigenvalue weighted by Crippen LogP contribution is -2.43. The number of nitrogens with one attached hydrogen (secondary N) is 2. The molecule has 1 atom stereocenters. The number of nitrogens with zero attached hydrogens (tertiary/aromatic N) is 4. The summed E-state index contributed by atoms with van der Waals surface area (Å²) in [6, 6.07) is 1.62. The van der Waals surface area contributed by atoms with E-state index in [1.54, 1.807) is 0 Å². The summed E-state index contributed by atoms with van der Waals surface area (Å²) in [6.45, 7) is 0.907. The molecule has 178 valence electrons. The summed E-state index contributed by atoms with van der Waals surface area (Å²) < 4.78 is 53.6. The van der Waals surface area contributed by atoms with Gasteiger partial charge in [-0.05, 0) is 42.7 Å². The maximum Gasteiger partial charge on any atom is 0.242 e. The van der Waals surface area contributed by atoms with Crippen molar-refractivity contribution < 1.29 is 21.9 Å². The van der Waals surface area contributed by atoms with E-state index in [1.807, 2.05) is 4.90 Å². The molecule has 1 aromatic heterocycles. The zero-order chi connectivity index (χ0) is 23.5. The molecule has 0 bridgehead atoms. The standard InChI is InChI=1S/C16H27N9O5S2/c17-7-10-3-5-25(6-4-10)12-1-2-13(32(29,30)22-11(8-18)9-26)15(31(19,27)28)14(12)16-20-23-24-21-16/h1-2,10-11,22,26H,3-9,17-18H2,(H2,19,27,28)(H,20,21,23,24). The fourth-order valence-corrected chi connectivity index (χ4v) is 6.48. The maximum atomic E-state index is 13.0. The van der Waals surface area contributed by atoms with E-state index in [2.05, 4.69) is 25.3 Å². The Morgan fingerprint density at radius 3 is 2.41 bits per heavy atom. The lowest BCUT2D eigenvalue weighted by molar-refractivity contribution is 0.259. The van der Waals surface area contributed by atoms with Crippen molar-refractivity contribution in [2.24, 2.45) is 22.5 Å². The number of piperidine rings is 1. The number of aliphatic hydroxyl groups is 1. The van der Waals surface area contributed by atoms with E-state index in [1.165, 1.54) is 6.07 Å². The van der Waals surface area contributed by atoms with Gasteiger partial charge in [0.15, 0.2) is 0 Å². The molecular formula is C16H27N9O5S2. The highest BCUT2D eigenvalue weighted by Crippen LogP contribution is 2.39. The summed E-state index contributed by atoms with van der Waals surface area (Å²) >= 11 is 0. The monoisotopic (exact) mass is 489 g/mol. The van der Waals surface area contributed by atoms with Gasteiger partial charge in [0.25, 0.3) is 0 Å². The van der Waals surface area contributed by atoms with Gasteiger partial charge in [0.05, 0.1) is 18.2 Å². The number of hydrogen-bond acceptors (Lipinski definition) is 11. The molecule has 1 fully saturated rings. The number of benzene rings is 1. The molecule has 32 heavy (non-hydrogen) atoms. The third-order valence-electron chi connectivity index (χ3n) is 5.36. The Labute approximate surface area is 185 Å². The topological polar surface area (TPSA) is 236 Å². The predicted octanol–water partition coefficient (Wildman–Crippen LogP) is -2.71. The minimum Gasteiger partial charge on any atom is -0.395 e. The number of nitrogens with two attached hydrogens (primary N) is 3. The van der Waals surface area contributed by atoms with Gasteiger partial charge in [0, 0.05) is 25.3 Å². The average molecular weight is 490 g/mol. The van der Waals surface area contributed by atoms with Crippen LogP contribution in [-0.2, 0) is 20.0 Å². The van der Waals surface area contributed by atoms with Crippen LogP contribution in [0.4, 0.5) is 5.69 Å². The van der Waals surface area contributed by atoms with Crippen LogP contribution >= 0.6 is 0 Å². The van der Waals surface area contributed by atoms with Crippen molar-refractivity contribution in [3.63, 3.8) is 0 Å². The average Bonchev–Trinajstić information content (AvgIpc) is 3.30. The lowest BCUT2D eigenvalue weighted by atomic mass is 9.96. The molecule has 1 aliphatic rings. The SMILES string of the molecule is NCC1CCN(c2ccc(S(=O)(=O)NC(CN)CO)c(S(N)(=O)=O)c2-c2nn[nH]n2)CC1. The van der Waals surface area contributed by atoms with Gasteiger partial charge in [0.1, 0.15) is 9.79 Å². The van der Waals surface area contributed by atoms with E-state index in [-0.39, 0.29) is 17.9 Å². The Hall–Kier alpha value is -2.21. The molecule has 3 rings (SSSR count). The number of hydrogen-bond donors (Lipinski definition) is 6. The summed E-state index contributed by atoms with van der Waals surface area (Å²) in [7, 11) is -9.02. The van der Waals surface area contributed by atoms with E-state index < -0.39 is 42.5 Å². The smallest absolute Gasteiger partial charge is 0.242 e. The summed E-state index contributed by atoms with van der Waals surface area (Å²) in [6.07, 6.45) is 1.56. The molecule has 0 radical (unpaired) electrons. The fourth-order valence-electron chi connectivity index (χ4n) is 3.65. The number of aromatic amines is 1. The first-order valence-corrected chi connectivity index (χ1v) is 12.9. The number of aromatic nitrogens is 4. The molecule has 0 saturated carbocycles. The van der Waals surface area contributed by atoms with Gasteiger partial charge in [-0.25, -0.2) is 26.7 Å². The molecule has 1 saturated heterocycles. The number of primary sulfonamides is 1. The van der Waals surface area contributed by atoms with Crippen molar-refractivity contribution in [1.82, 2.24) is 25.3 Å². The minimum absolute atomic E-state index is 0.0800. The minimum atomic E-state index is -4.58. The van der Waals surface area contributed by atoms with Crippen molar-refractivity contribution in [3.8, 4) is 11.4 Å². The van der Waals surface area contributed by atoms with Crippen LogP contribution < -0.4 is 26.2 Å². The first-order valence-electron chi connectivity index (χ1n) is 9.84. The largest absolute Gasteiger partial charge is 0.395 e. The molecule has 0 spiro atoms. The van der Waals surface area contributed by atoms with Crippen LogP contribution in [0.1, 0.15) is 12.8 Å². The van der Waals surface area contributed by atoms with E-state index in [9.17, 15) is 21.9 Å². The molecule has 2 heterocycles. The molecule has 0 aliphatic carbocycles. The van der Waals surface area contributed by atoms with E-state index in [0.29, 0.717) is 31.2 Å². The van der Waals surface area contributed by atoms with Crippen molar-refractivity contribution in [1.29, 1.82) is 0 Å². The molecule has 2 aromatic rings. The van der Waals surface area contributed by atoms with E-state index in [0.717, 1.165) is 18.9 Å². The molecule has 1 unspecified atom stereocenters. The van der Waals surface area contributed by atoms with Crippen molar-refractivity contribution in [2.45, 2.75) is 28.7 Å². The number of sulfonamides is 2. The Morgan fingerprint density at radius 2 is 1.91 bits per heavy atom. The number of H-pyrrole nitrogens is 1. The second-order valence-corrected chi connectivity index (χ2v) is 10.7. The molecule has 14 nitrogen and oxygen atoms in total. The van der Waals surface area contributed by atoms with Gasteiger partial charge in [-0.3, -0.25) is 0 Å². The van der Waals surface area contributed by atoms with Crippen molar-refractivity contribution >= 4 is 25.7 Å². The second kappa shape index (κ2) is 9.74. The Morgan fingerprint density at radius 1 is 1.22 bits per heavy atom. The number of rotatable bonds is 9. The van der Waals surface area contributed by atoms with Gasteiger partial charge >= 0.3 is 0 Å². The third-order valence-corrected chi connectivity index (χ3v) is 8.04. The Kier molecular flexibility index (Phi) is 7.43. The van der Waals surface area contributed by atoms with Gasteiger partial charge in [-0.2, -0.15) is 5.21 Å². The van der Waals surface area contributed by atoms with Crippen LogP contribution in [0.15, 0.2) is 21.9 Å². The van der Waals surface area contributed by atoms with Crippen LogP contribution in [0.3, 0.4) is 0 Å². The molecule has 0 amide bonds. The number of anilines is 1. The van der Waals surface area contributed by atoms with Crippen molar-refractivity contribution in [2.75, 3.05) is 37.7 Å². The van der Waals surface area contributed by atoms with Crippen LogP contribution in [0, 0.1) is 5.92 Å². The van der Waals surface area contributed by atoms with Crippen molar-refractivity contribution in [3.05, 3.63) is 12.1 Å². The van der Waals surface area contributed by atoms with Gasteiger partial charge in [-0.1, -0.05) is 0 Å². The zero-order valence-electron chi connectivity index (χ0n) is 17.2. The zero-order valence-corrected chi connectivity index (χ0v) is 18.8. The van der Waals surface area contributed by atoms with Gasteiger partial charge in [0.2, 0.25) is 25.9 Å². The molecule has 9 N–H and O–H groups in total. The summed E-state index contributed by atoms with van der Waals surface area (Å²) in [5, 5.41) is 28.3. The highest BCUT2D eigenvalue weighted by Gasteiger charge is 2.34. The highest BCUT2D eigenvalue weighted by molar-refractivity contribution is 7.92. The normalized spacial score (nSPS) is 16.9. The molecule has 1 aliphatic heterocycles. The quantitative estimate of drug-likeness (QED) is 0.212. The highest BCUT2D eigenvalue weighted by atomic mass is 32.2. The maximum absolute atomic E-state index is 13.0. The predicted molar refractivity (Wildman–Crippen MR) is 115 cm³/mol. The first kappa shape index (κ1) is 24.4. The van der Waals surface area contributed by atoms with E-state index in [4.69, 9.17) is 16.6 Å². The van der Waals surface area contributed by atoms with Crippen LogP contribution in [0.5, 0.6) is 0 Å². The fraction of sp³-hybridized carbons (Fsp3) is 0.562. The van der Waals surface area contributed by atoms with Crippen LogP contribution in [0.25, 0.3) is 11.4 Å². The molecule has 16 heteroatoms. The molecule has 1 aromatic carbocycles. The summed E-state index contributed by atoms with van der Waals surface area (Å²) in [5.74, 6) is 0.215. The number of aliphatic hydroxyl groups excluding tert-OH is 1. The Bertz CT molecular complexity index is 1130. The van der Waals surface area contributed by atoms with E-state index >= 15 is 0 Å². The first-order chi connectivity index (χ1) is 15.1. The van der Waals surface area contributed by atoms with Crippen LogP contribution in [0.2, 0.25) is 0 Å². The third kappa shape index (κ3) is 5.06. The second-order valence-electron chi connectivity index (χ2n) is 7.47. The lowest BCUT2D eigenvalue weighted by Gasteiger charge is -2.34. The molecular weight excluding hydrogens is 462 g/mol. The van der Waals surface area contributed by atoms with Gasteiger partial charge in [-0.15, -0.1) is 10.2 Å².